The van der Waals surface area contributed by atoms with E-state index >= 15 is 0 Å². The van der Waals surface area contributed by atoms with Crippen molar-refractivity contribution in [3.05, 3.63) is 57.0 Å². The van der Waals surface area contributed by atoms with Gasteiger partial charge in [0.05, 0.1) is 10.0 Å². The lowest BCUT2D eigenvalue weighted by Gasteiger charge is -1.97. The summed E-state index contributed by atoms with van der Waals surface area (Å²) in [7, 11) is 0. The highest BCUT2D eigenvalue weighted by Crippen LogP contribution is 2.31. The van der Waals surface area contributed by atoms with E-state index in [1.165, 1.54) is 0 Å². The number of fused-ring (bicyclic) bond motifs is 1. The minimum absolute atomic E-state index is 0.562. The predicted molar refractivity (Wildman–Crippen MR) is 81.5 cm³/mol. The molecule has 0 atom stereocenters. The molecule has 0 bridgehead atoms. The Labute approximate surface area is 123 Å². The van der Waals surface area contributed by atoms with Crippen molar-refractivity contribution in [1.29, 1.82) is 0 Å². The number of benzene rings is 2. The number of H-pyrrole nitrogens is 1. The Bertz CT molecular complexity index is 695. The van der Waals surface area contributed by atoms with Crippen molar-refractivity contribution in [2.24, 2.45) is 0 Å². The highest BCUT2D eigenvalue weighted by atomic mass is 79.9. The van der Waals surface area contributed by atoms with Crippen LogP contribution >= 0.6 is 39.1 Å². The molecule has 3 rings (SSSR count). The summed E-state index contributed by atoms with van der Waals surface area (Å²) >= 11 is 15.5. The predicted octanol–water partition coefficient (Wildman–Crippen LogP) is 5.90. The molecule has 2 aromatic carbocycles. The summed E-state index contributed by atoms with van der Waals surface area (Å²) < 4.78 is 1.05. The number of hydrogen-bond acceptors (Lipinski definition) is 0. The first-order valence-corrected chi connectivity index (χ1v) is 6.92. The maximum Gasteiger partial charge on any atom is 0.0613 e. The molecule has 0 fully saturated rings. The van der Waals surface area contributed by atoms with Crippen LogP contribution in [-0.4, -0.2) is 4.98 Å². The van der Waals surface area contributed by atoms with Gasteiger partial charge in [0, 0.05) is 21.1 Å². The molecule has 1 heterocycles. The van der Waals surface area contributed by atoms with Gasteiger partial charge < -0.3 is 4.98 Å². The molecule has 0 radical (unpaired) electrons. The van der Waals surface area contributed by atoms with Crippen LogP contribution in [0.5, 0.6) is 0 Å². The molecule has 0 saturated heterocycles. The molecule has 4 heteroatoms. The number of nitrogens with one attached hydrogen (secondary N) is 1. The molecule has 3 aromatic rings. The quantitative estimate of drug-likeness (QED) is 0.567. The van der Waals surface area contributed by atoms with E-state index in [0.717, 1.165) is 26.6 Å². The van der Waals surface area contributed by atoms with Crippen molar-refractivity contribution in [3.8, 4) is 11.3 Å². The molecule has 1 aromatic heterocycles. The van der Waals surface area contributed by atoms with E-state index in [4.69, 9.17) is 23.2 Å². The molecule has 0 aliphatic heterocycles. The second-order valence-electron chi connectivity index (χ2n) is 4.05. The van der Waals surface area contributed by atoms with E-state index in [0.29, 0.717) is 10.0 Å². The van der Waals surface area contributed by atoms with E-state index < -0.39 is 0 Å². The third kappa shape index (κ3) is 2.16. The summed E-state index contributed by atoms with van der Waals surface area (Å²) in [6.45, 7) is 0. The van der Waals surface area contributed by atoms with E-state index in [2.05, 4.69) is 39.1 Å². The lowest BCUT2D eigenvalue weighted by atomic mass is 10.1. The molecule has 0 aliphatic carbocycles. The third-order valence-corrected chi connectivity index (χ3v) is 4.01. The van der Waals surface area contributed by atoms with Crippen LogP contribution in [-0.2, 0) is 0 Å². The molecule has 0 aliphatic rings. The molecule has 18 heavy (non-hydrogen) atoms. The first-order valence-electron chi connectivity index (χ1n) is 5.37. The smallest absolute Gasteiger partial charge is 0.0613 e. The zero-order valence-corrected chi connectivity index (χ0v) is 12.3. The minimum atomic E-state index is 0.562. The van der Waals surface area contributed by atoms with Crippen LogP contribution in [0.25, 0.3) is 22.2 Å². The molecular formula is C14H8BrCl2N. The lowest BCUT2D eigenvalue weighted by Crippen LogP contribution is -1.76. The molecule has 0 unspecified atom stereocenters. The Morgan fingerprint density at radius 1 is 0.944 bits per heavy atom. The Morgan fingerprint density at radius 2 is 1.72 bits per heavy atom. The van der Waals surface area contributed by atoms with Gasteiger partial charge in [0.15, 0.2) is 0 Å². The zero-order chi connectivity index (χ0) is 12.7. The molecule has 0 saturated carbocycles. The van der Waals surface area contributed by atoms with E-state index in [-0.39, 0.29) is 0 Å². The third-order valence-electron chi connectivity index (χ3n) is 2.80. The molecule has 1 N–H and O–H groups in total. The van der Waals surface area contributed by atoms with Crippen LogP contribution in [0, 0.1) is 0 Å². The van der Waals surface area contributed by atoms with Crippen molar-refractivity contribution < 1.29 is 0 Å². The normalized spacial score (nSPS) is 11.1. The topological polar surface area (TPSA) is 15.8 Å². The van der Waals surface area contributed by atoms with E-state index in [1.807, 2.05) is 24.3 Å². The molecule has 0 spiro atoms. The number of aromatic nitrogens is 1. The Balaban J connectivity index is 2.19. The molecular weight excluding hydrogens is 333 g/mol. The Kier molecular flexibility index (Phi) is 3.10. The summed E-state index contributed by atoms with van der Waals surface area (Å²) in [5, 5.41) is 2.19. The monoisotopic (exact) mass is 339 g/mol. The number of rotatable bonds is 1. The lowest BCUT2D eigenvalue weighted by molar-refractivity contribution is 1.45. The summed E-state index contributed by atoms with van der Waals surface area (Å²) in [5.74, 6) is 0. The van der Waals surface area contributed by atoms with Gasteiger partial charge in [0.25, 0.3) is 0 Å². The fraction of sp³-hybridized carbons (Fsp3) is 0. The van der Waals surface area contributed by atoms with Gasteiger partial charge in [-0.1, -0.05) is 51.3 Å². The first kappa shape index (κ1) is 12.1. The number of halogens is 3. The number of hydrogen-bond donors (Lipinski definition) is 1. The second kappa shape index (κ2) is 4.61. The van der Waals surface area contributed by atoms with Crippen molar-refractivity contribution in [2.75, 3.05) is 0 Å². The summed E-state index contributed by atoms with van der Waals surface area (Å²) in [5.41, 5.74) is 3.15. The molecule has 1 nitrogen and oxygen atoms in total. The van der Waals surface area contributed by atoms with Crippen LogP contribution in [0.3, 0.4) is 0 Å². The average Bonchev–Trinajstić information content (AvgIpc) is 2.73. The van der Waals surface area contributed by atoms with Crippen LogP contribution in [0.1, 0.15) is 0 Å². The fourth-order valence-electron chi connectivity index (χ4n) is 1.94. The van der Waals surface area contributed by atoms with Crippen molar-refractivity contribution in [2.45, 2.75) is 0 Å². The van der Waals surface area contributed by atoms with Crippen LogP contribution in [0.4, 0.5) is 0 Å². The summed E-state index contributed by atoms with van der Waals surface area (Å²) in [6, 6.07) is 13.9. The largest absolute Gasteiger partial charge is 0.354 e. The first-order chi connectivity index (χ1) is 8.63. The highest BCUT2D eigenvalue weighted by molar-refractivity contribution is 9.10. The van der Waals surface area contributed by atoms with Crippen molar-refractivity contribution in [1.82, 2.24) is 4.98 Å². The maximum absolute atomic E-state index is 6.01. The SMILES string of the molecule is Clc1cc2cc(-c3cccc(Br)c3)[nH]c2cc1Cl. The Hall–Kier alpha value is -0.960. The summed E-state index contributed by atoms with van der Waals surface area (Å²) in [6.07, 6.45) is 0. The van der Waals surface area contributed by atoms with Gasteiger partial charge in [-0.25, -0.2) is 0 Å². The van der Waals surface area contributed by atoms with Gasteiger partial charge in [-0.15, -0.1) is 0 Å². The van der Waals surface area contributed by atoms with E-state index in [9.17, 15) is 0 Å². The average molecular weight is 341 g/mol. The molecule has 0 amide bonds. The van der Waals surface area contributed by atoms with Crippen molar-refractivity contribution in [3.63, 3.8) is 0 Å². The minimum Gasteiger partial charge on any atom is -0.354 e. The second-order valence-corrected chi connectivity index (χ2v) is 5.78. The van der Waals surface area contributed by atoms with Crippen LogP contribution in [0.15, 0.2) is 46.9 Å². The highest BCUT2D eigenvalue weighted by Gasteiger charge is 2.06. The standard InChI is InChI=1S/C14H8BrCl2N/c15-10-3-1-2-8(4-10)13-6-9-5-11(16)12(17)7-14(9)18-13/h1-7,18H. The zero-order valence-electron chi connectivity index (χ0n) is 9.18. The summed E-state index contributed by atoms with van der Waals surface area (Å²) in [4.78, 5) is 3.34. The van der Waals surface area contributed by atoms with Gasteiger partial charge in [0.1, 0.15) is 0 Å². The maximum atomic E-state index is 6.01. The van der Waals surface area contributed by atoms with Crippen LogP contribution in [0.2, 0.25) is 10.0 Å². The Morgan fingerprint density at radius 3 is 2.50 bits per heavy atom. The van der Waals surface area contributed by atoms with Gasteiger partial charge in [-0.2, -0.15) is 0 Å². The van der Waals surface area contributed by atoms with Crippen LogP contribution < -0.4 is 0 Å². The van der Waals surface area contributed by atoms with Gasteiger partial charge in [-0.3, -0.25) is 0 Å². The van der Waals surface area contributed by atoms with E-state index in [1.54, 1.807) is 0 Å². The van der Waals surface area contributed by atoms with Gasteiger partial charge >= 0.3 is 0 Å². The number of aromatic amines is 1. The van der Waals surface area contributed by atoms with Gasteiger partial charge in [-0.05, 0) is 35.9 Å². The fourth-order valence-corrected chi connectivity index (χ4v) is 2.67. The van der Waals surface area contributed by atoms with Crippen molar-refractivity contribution >= 4 is 50.0 Å². The molecule has 90 valence electrons. The van der Waals surface area contributed by atoms with Gasteiger partial charge in [0.2, 0.25) is 0 Å².